The van der Waals surface area contributed by atoms with Crippen molar-refractivity contribution in [2.75, 3.05) is 0 Å². The highest BCUT2D eigenvalue weighted by Gasteiger charge is 2.21. The summed E-state index contributed by atoms with van der Waals surface area (Å²) in [6.45, 7) is 1.96. The fourth-order valence-corrected chi connectivity index (χ4v) is 1.69. The lowest BCUT2D eigenvalue weighted by molar-refractivity contribution is -0.384. The van der Waals surface area contributed by atoms with Crippen LogP contribution in [0.5, 0.6) is 0 Å². The molecular weight excluding hydrogens is 283 g/mol. The van der Waals surface area contributed by atoms with Crippen molar-refractivity contribution in [2.45, 2.75) is 32.4 Å². The van der Waals surface area contributed by atoms with Gasteiger partial charge in [-0.1, -0.05) is 25.5 Å². The highest BCUT2D eigenvalue weighted by atomic mass is 19.4. The molecule has 1 aromatic rings. The number of halogens is 3. The molecule has 0 fully saturated rings. The number of rotatable bonds is 6. The van der Waals surface area contributed by atoms with Gasteiger partial charge in [0.05, 0.1) is 4.92 Å². The molecule has 0 aliphatic heterocycles. The smallest absolute Gasteiger partial charge is 0.258 e. The maximum atomic E-state index is 12.2. The van der Waals surface area contributed by atoms with Crippen molar-refractivity contribution < 1.29 is 18.1 Å². The number of benzene rings is 1. The average molecular weight is 299 g/mol. The summed E-state index contributed by atoms with van der Waals surface area (Å²) in [7, 11) is 0. The molecule has 0 amide bonds. The van der Waals surface area contributed by atoms with Crippen LogP contribution in [0.2, 0.25) is 0 Å². The van der Waals surface area contributed by atoms with Gasteiger partial charge in [0, 0.05) is 18.2 Å². The molecule has 0 aromatic heterocycles. The standard InChI is InChI=1S/C15H16F3NO2/c1-2-3-4-12(9-10-15(16,17)18)11-13-5-7-14(8-6-13)19(20)21/h5-11H,2-4H2,1H3/b10-9+,12-11+. The molecule has 0 heterocycles. The Kier molecular flexibility index (Phi) is 6.14. The first-order chi connectivity index (χ1) is 9.81. The number of alkyl halides is 3. The third kappa shape index (κ3) is 6.74. The number of hydrogen-bond acceptors (Lipinski definition) is 2. The van der Waals surface area contributed by atoms with E-state index in [1.165, 1.54) is 24.3 Å². The van der Waals surface area contributed by atoms with E-state index in [0.29, 0.717) is 17.6 Å². The lowest BCUT2D eigenvalue weighted by Crippen LogP contribution is -2.00. The quantitative estimate of drug-likeness (QED) is 0.407. The van der Waals surface area contributed by atoms with Gasteiger partial charge < -0.3 is 0 Å². The number of allylic oxidation sites excluding steroid dienone is 3. The molecule has 0 aliphatic rings. The van der Waals surface area contributed by atoms with Gasteiger partial charge in [0.25, 0.3) is 5.69 Å². The summed E-state index contributed by atoms with van der Waals surface area (Å²) in [6, 6.07) is 5.70. The molecule has 0 N–H and O–H groups in total. The van der Waals surface area contributed by atoms with Crippen LogP contribution in [0.3, 0.4) is 0 Å². The van der Waals surface area contributed by atoms with Crippen LogP contribution in [0.15, 0.2) is 42.0 Å². The van der Waals surface area contributed by atoms with E-state index in [9.17, 15) is 23.3 Å². The predicted octanol–water partition coefficient (Wildman–Crippen LogP) is 5.29. The zero-order valence-electron chi connectivity index (χ0n) is 11.6. The van der Waals surface area contributed by atoms with Crippen molar-refractivity contribution >= 4 is 11.8 Å². The van der Waals surface area contributed by atoms with E-state index in [1.54, 1.807) is 6.08 Å². The Morgan fingerprint density at radius 3 is 2.38 bits per heavy atom. The van der Waals surface area contributed by atoms with Crippen LogP contribution in [-0.4, -0.2) is 11.1 Å². The number of nitro groups is 1. The number of unbranched alkanes of at least 4 members (excludes halogenated alkanes) is 1. The van der Waals surface area contributed by atoms with Crippen molar-refractivity contribution in [3.8, 4) is 0 Å². The number of non-ortho nitro benzene ring substituents is 1. The van der Waals surface area contributed by atoms with E-state index < -0.39 is 11.1 Å². The molecule has 0 spiro atoms. The minimum absolute atomic E-state index is 0.0481. The van der Waals surface area contributed by atoms with Crippen molar-refractivity contribution in [1.29, 1.82) is 0 Å². The zero-order chi connectivity index (χ0) is 15.9. The number of hydrogen-bond donors (Lipinski definition) is 0. The van der Waals surface area contributed by atoms with Crippen molar-refractivity contribution in [2.24, 2.45) is 0 Å². The van der Waals surface area contributed by atoms with Gasteiger partial charge in [-0.05, 0) is 36.1 Å². The Morgan fingerprint density at radius 1 is 1.29 bits per heavy atom. The third-order valence-electron chi connectivity index (χ3n) is 2.76. The molecule has 0 saturated heterocycles. The Hall–Kier alpha value is -2.11. The van der Waals surface area contributed by atoms with Gasteiger partial charge in [-0.15, -0.1) is 0 Å². The molecule has 0 saturated carbocycles. The van der Waals surface area contributed by atoms with E-state index in [0.717, 1.165) is 18.9 Å². The minimum atomic E-state index is -4.35. The second kappa shape index (κ2) is 7.61. The maximum absolute atomic E-state index is 12.2. The molecule has 0 radical (unpaired) electrons. The Bertz CT molecular complexity index is 531. The zero-order valence-corrected chi connectivity index (χ0v) is 11.6. The molecule has 3 nitrogen and oxygen atoms in total. The lowest BCUT2D eigenvalue weighted by atomic mass is 10.0. The molecule has 1 rings (SSSR count). The van der Waals surface area contributed by atoms with Crippen LogP contribution in [0.1, 0.15) is 31.7 Å². The van der Waals surface area contributed by atoms with Crippen LogP contribution < -0.4 is 0 Å². The van der Waals surface area contributed by atoms with Crippen LogP contribution in [0.4, 0.5) is 18.9 Å². The molecule has 1 aromatic carbocycles. The summed E-state index contributed by atoms with van der Waals surface area (Å²) in [6.07, 6.45) is 0.706. The average Bonchev–Trinajstić information content (AvgIpc) is 2.41. The fraction of sp³-hybridized carbons (Fsp3) is 0.333. The van der Waals surface area contributed by atoms with Gasteiger partial charge in [0.15, 0.2) is 0 Å². The van der Waals surface area contributed by atoms with Gasteiger partial charge in [-0.3, -0.25) is 10.1 Å². The Morgan fingerprint density at radius 2 is 1.90 bits per heavy atom. The number of nitro benzene ring substituents is 1. The summed E-state index contributed by atoms with van der Waals surface area (Å²) in [4.78, 5) is 10.0. The van der Waals surface area contributed by atoms with Gasteiger partial charge >= 0.3 is 6.18 Å². The van der Waals surface area contributed by atoms with Crippen LogP contribution in [-0.2, 0) is 0 Å². The molecule has 6 heteroatoms. The van der Waals surface area contributed by atoms with E-state index >= 15 is 0 Å². The van der Waals surface area contributed by atoms with E-state index in [1.807, 2.05) is 6.92 Å². The second-order valence-corrected chi connectivity index (χ2v) is 4.55. The largest absolute Gasteiger partial charge is 0.409 e. The van der Waals surface area contributed by atoms with Gasteiger partial charge in [-0.2, -0.15) is 13.2 Å². The molecule has 21 heavy (non-hydrogen) atoms. The van der Waals surface area contributed by atoms with Crippen molar-refractivity contribution in [3.63, 3.8) is 0 Å². The summed E-state index contributed by atoms with van der Waals surface area (Å²) in [5.41, 5.74) is 1.13. The Balaban J connectivity index is 2.95. The first-order valence-corrected chi connectivity index (χ1v) is 6.53. The topological polar surface area (TPSA) is 43.1 Å². The van der Waals surface area contributed by atoms with Crippen LogP contribution >= 0.6 is 0 Å². The van der Waals surface area contributed by atoms with Crippen LogP contribution in [0, 0.1) is 10.1 Å². The number of nitrogens with zero attached hydrogens (tertiary/aromatic N) is 1. The van der Waals surface area contributed by atoms with E-state index in [-0.39, 0.29) is 11.8 Å². The highest BCUT2D eigenvalue weighted by Crippen LogP contribution is 2.21. The molecule has 0 unspecified atom stereocenters. The molecule has 0 aliphatic carbocycles. The molecule has 0 atom stereocenters. The normalized spacial score (nSPS) is 12.9. The fourth-order valence-electron chi connectivity index (χ4n) is 1.69. The maximum Gasteiger partial charge on any atom is 0.409 e. The lowest BCUT2D eigenvalue weighted by Gasteiger charge is -2.04. The summed E-state index contributed by atoms with van der Waals surface area (Å²) in [5, 5.41) is 10.5. The summed E-state index contributed by atoms with van der Waals surface area (Å²) < 4.78 is 36.7. The van der Waals surface area contributed by atoms with E-state index in [4.69, 9.17) is 0 Å². The molecule has 114 valence electrons. The van der Waals surface area contributed by atoms with Crippen LogP contribution in [0.25, 0.3) is 6.08 Å². The highest BCUT2D eigenvalue weighted by molar-refractivity contribution is 5.57. The third-order valence-corrected chi connectivity index (χ3v) is 2.76. The Labute approximate surface area is 120 Å². The molecular formula is C15H16F3NO2. The van der Waals surface area contributed by atoms with Gasteiger partial charge in [0.2, 0.25) is 0 Å². The van der Waals surface area contributed by atoms with Gasteiger partial charge in [0.1, 0.15) is 0 Å². The minimum Gasteiger partial charge on any atom is -0.258 e. The summed E-state index contributed by atoms with van der Waals surface area (Å²) >= 11 is 0. The molecule has 0 bridgehead atoms. The first-order valence-electron chi connectivity index (χ1n) is 6.53. The monoisotopic (exact) mass is 299 g/mol. The van der Waals surface area contributed by atoms with Crippen molar-refractivity contribution in [3.05, 3.63) is 57.7 Å². The summed E-state index contributed by atoms with van der Waals surface area (Å²) in [5.74, 6) is 0. The second-order valence-electron chi connectivity index (χ2n) is 4.55. The first kappa shape index (κ1) is 16.9. The predicted molar refractivity (Wildman–Crippen MR) is 75.8 cm³/mol. The SMILES string of the molecule is CCCCC(/C=C/C(F)(F)F)=C\c1ccc([N+](=O)[O-])cc1. The van der Waals surface area contributed by atoms with E-state index in [2.05, 4.69) is 0 Å². The van der Waals surface area contributed by atoms with Gasteiger partial charge in [-0.25, -0.2) is 0 Å². The van der Waals surface area contributed by atoms with Crippen molar-refractivity contribution in [1.82, 2.24) is 0 Å².